The highest BCUT2D eigenvalue weighted by Gasteiger charge is 2.24. The molecule has 10 rings (SSSR count). The summed E-state index contributed by atoms with van der Waals surface area (Å²) in [7, 11) is 0. The van der Waals surface area contributed by atoms with Crippen LogP contribution in [-0.2, 0) is 0 Å². The van der Waals surface area contributed by atoms with Crippen LogP contribution in [-0.4, -0.2) is 0 Å². The molecule has 66 heavy (non-hydrogen) atoms. The first-order valence-electron chi connectivity index (χ1n) is 22.5. The molecule has 2 nitrogen and oxygen atoms in total. The van der Waals surface area contributed by atoms with Crippen LogP contribution in [0.1, 0.15) is 44.5 Å². The second-order valence-electron chi connectivity index (χ2n) is 17.4. The molecule has 0 unspecified atom stereocenters. The Bertz CT molecular complexity index is 2950. The number of thiophene rings is 4. The van der Waals surface area contributed by atoms with Crippen molar-refractivity contribution in [3.63, 3.8) is 0 Å². The highest BCUT2D eigenvalue weighted by Crippen LogP contribution is 2.51. The van der Waals surface area contributed by atoms with E-state index in [9.17, 15) is 0 Å². The van der Waals surface area contributed by atoms with E-state index >= 15 is 0 Å². The molecule has 0 atom stereocenters. The molecule has 0 N–H and O–H groups in total. The number of rotatable bonds is 11. The van der Waals surface area contributed by atoms with Crippen molar-refractivity contribution in [3.8, 4) is 52.9 Å². The van der Waals surface area contributed by atoms with E-state index in [1.54, 1.807) is 0 Å². The third-order valence-electron chi connectivity index (χ3n) is 12.6. The summed E-state index contributed by atoms with van der Waals surface area (Å²) in [5.74, 6) is 0. The molecule has 0 aliphatic rings. The third kappa shape index (κ3) is 8.28. The number of benzene rings is 6. The van der Waals surface area contributed by atoms with Gasteiger partial charge in [-0.25, -0.2) is 0 Å². The first-order valence-corrected chi connectivity index (χ1v) is 25.8. The van der Waals surface area contributed by atoms with Crippen LogP contribution in [0.3, 0.4) is 0 Å². The van der Waals surface area contributed by atoms with E-state index in [0.717, 1.165) is 11.4 Å². The average molecular weight is 929 g/mol. The average Bonchev–Trinajstić information content (AvgIpc) is 4.10. The Kier molecular flexibility index (Phi) is 12.0. The molecule has 4 aromatic heterocycles. The molecule has 0 bridgehead atoms. The summed E-state index contributed by atoms with van der Waals surface area (Å²) in [6.45, 7) is 17.8. The molecule has 0 aliphatic heterocycles. The molecular weight excluding hydrogens is 877 g/mol. The van der Waals surface area contributed by atoms with Crippen molar-refractivity contribution >= 4 is 76.7 Å². The highest BCUT2D eigenvalue weighted by molar-refractivity contribution is 7.22. The Hall–Kier alpha value is -6.28. The predicted molar refractivity (Wildman–Crippen MR) is 292 cm³/mol. The normalized spacial score (nSPS) is 11.3. The van der Waals surface area contributed by atoms with Gasteiger partial charge in [-0.05, 0) is 182 Å². The largest absolute Gasteiger partial charge is 0.293 e. The van der Waals surface area contributed by atoms with Crippen LogP contribution < -0.4 is 9.80 Å². The smallest absolute Gasteiger partial charge is 0.101 e. The molecule has 10 aromatic rings. The van der Waals surface area contributed by atoms with Crippen LogP contribution in [0.25, 0.3) is 52.9 Å². The van der Waals surface area contributed by atoms with Gasteiger partial charge in [0.2, 0.25) is 0 Å². The summed E-state index contributed by atoms with van der Waals surface area (Å²) in [6, 6.07) is 62.7. The second-order valence-corrected chi connectivity index (χ2v) is 21.5. The van der Waals surface area contributed by atoms with E-state index < -0.39 is 0 Å². The van der Waals surface area contributed by atoms with Gasteiger partial charge >= 0.3 is 0 Å². The lowest BCUT2D eigenvalue weighted by molar-refractivity contribution is 1.33. The molecule has 0 aliphatic carbocycles. The van der Waals surface area contributed by atoms with Crippen molar-refractivity contribution in [2.45, 2.75) is 55.4 Å². The third-order valence-corrected chi connectivity index (χ3v) is 17.7. The lowest BCUT2D eigenvalue weighted by Gasteiger charge is -2.23. The van der Waals surface area contributed by atoms with Gasteiger partial charge in [-0.3, -0.25) is 9.80 Å². The quantitative estimate of drug-likeness (QED) is 0.128. The SMILES string of the molecule is Cc1ccccc1-c1sc(N(c2ccc(-c3ccc(N(c4cc(C)c(-c5ccccc5C)s4)c4cc(C)c(-c5ccccc5C)s4)cc3)cc2)c2cc(C)c(-c3ccccc3C)s2)cc1C. The Morgan fingerprint density at radius 1 is 0.258 bits per heavy atom. The van der Waals surface area contributed by atoms with Crippen LogP contribution in [0.5, 0.6) is 0 Å². The van der Waals surface area contributed by atoms with E-state index in [1.807, 2.05) is 45.3 Å². The first kappa shape index (κ1) is 43.6. The minimum absolute atomic E-state index is 1.15. The van der Waals surface area contributed by atoms with Crippen molar-refractivity contribution in [2.75, 3.05) is 9.80 Å². The number of anilines is 6. The fourth-order valence-electron chi connectivity index (χ4n) is 9.01. The molecule has 326 valence electrons. The molecule has 0 saturated carbocycles. The van der Waals surface area contributed by atoms with Gasteiger partial charge in [-0.15, -0.1) is 45.3 Å². The van der Waals surface area contributed by atoms with E-state index in [1.165, 1.54) is 117 Å². The molecule has 0 radical (unpaired) electrons. The van der Waals surface area contributed by atoms with Gasteiger partial charge in [0.25, 0.3) is 0 Å². The van der Waals surface area contributed by atoms with Crippen LogP contribution in [0, 0.1) is 55.4 Å². The maximum atomic E-state index is 2.46. The first-order chi connectivity index (χ1) is 32.0. The van der Waals surface area contributed by atoms with Crippen molar-refractivity contribution in [2.24, 2.45) is 0 Å². The summed E-state index contributed by atoms with van der Waals surface area (Å²) < 4.78 is 0. The molecule has 0 fully saturated rings. The zero-order valence-electron chi connectivity index (χ0n) is 38.7. The van der Waals surface area contributed by atoms with Crippen LogP contribution in [0.2, 0.25) is 0 Å². The van der Waals surface area contributed by atoms with E-state index in [0.29, 0.717) is 0 Å². The lowest BCUT2D eigenvalue weighted by Crippen LogP contribution is -2.07. The monoisotopic (exact) mass is 928 g/mol. The summed E-state index contributed by atoms with van der Waals surface area (Å²) in [4.78, 5) is 10.2. The molecular formula is C60H52N2S4. The standard InChI is InChI=1S/C60H52N2S4/c1-37-17-9-13-21-49(37)57-41(5)33-53(63-57)61(54-34-42(6)58(64-54)50-22-14-10-18-38(50)2)47-29-25-45(26-30-47)46-27-31-48(32-28-46)62(55-35-43(7)59(65-55)51-23-15-11-19-39(51)3)56-36-44(8)60(66-56)52-24-16-12-20-40(52)4/h9-36H,1-8H3. The summed E-state index contributed by atoms with van der Waals surface area (Å²) in [6.07, 6.45) is 0. The van der Waals surface area contributed by atoms with E-state index in [-0.39, 0.29) is 0 Å². The molecule has 6 heteroatoms. The molecule has 6 aromatic carbocycles. The van der Waals surface area contributed by atoms with Gasteiger partial charge in [-0.1, -0.05) is 121 Å². The molecule has 0 saturated heterocycles. The van der Waals surface area contributed by atoms with Crippen molar-refractivity contribution in [1.29, 1.82) is 0 Å². The van der Waals surface area contributed by atoms with Crippen LogP contribution >= 0.6 is 45.3 Å². The maximum Gasteiger partial charge on any atom is 0.101 e. The predicted octanol–water partition coefficient (Wildman–Crippen LogP) is 19.7. The Morgan fingerprint density at radius 3 is 0.712 bits per heavy atom. The number of hydrogen-bond donors (Lipinski definition) is 0. The van der Waals surface area contributed by atoms with E-state index in [4.69, 9.17) is 0 Å². The van der Waals surface area contributed by atoms with Gasteiger partial charge in [0, 0.05) is 30.9 Å². The van der Waals surface area contributed by atoms with Gasteiger partial charge < -0.3 is 0 Å². The Balaban J connectivity index is 1.02. The van der Waals surface area contributed by atoms with Crippen LogP contribution in [0.4, 0.5) is 31.4 Å². The Morgan fingerprint density at radius 2 is 0.485 bits per heavy atom. The maximum absolute atomic E-state index is 2.46. The molecule has 0 amide bonds. The van der Waals surface area contributed by atoms with Crippen molar-refractivity contribution in [3.05, 3.63) is 214 Å². The van der Waals surface area contributed by atoms with Gasteiger partial charge in [0.1, 0.15) is 20.0 Å². The second kappa shape index (κ2) is 18.2. The number of hydrogen-bond acceptors (Lipinski definition) is 6. The molecule has 0 spiro atoms. The summed E-state index contributed by atoms with van der Waals surface area (Å²) >= 11 is 7.49. The zero-order chi connectivity index (χ0) is 45.6. The minimum atomic E-state index is 1.15. The van der Waals surface area contributed by atoms with Gasteiger partial charge in [-0.2, -0.15) is 0 Å². The highest BCUT2D eigenvalue weighted by atomic mass is 32.1. The van der Waals surface area contributed by atoms with E-state index in [2.05, 4.69) is 235 Å². The Labute approximate surface area is 406 Å². The van der Waals surface area contributed by atoms with Crippen molar-refractivity contribution in [1.82, 2.24) is 0 Å². The van der Waals surface area contributed by atoms with Crippen LogP contribution in [0.15, 0.2) is 170 Å². The zero-order valence-corrected chi connectivity index (χ0v) is 42.0. The minimum Gasteiger partial charge on any atom is -0.293 e. The topological polar surface area (TPSA) is 6.48 Å². The van der Waals surface area contributed by atoms with Crippen molar-refractivity contribution < 1.29 is 0 Å². The fourth-order valence-corrected chi connectivity index (χ4v) is 14.3. The molecule has 4 heterocycles. The fraction of sp³-hybridized carbons (Fsp3) is 0.133. The number of aryl methyl sites for hydroxylation is 8. The van der Waals surface area contributed by atoms with Gasteiger partial charge in [0.15, 0.2) is 0 Å². The lowest BCUT2D eigenvalue weighted by atomic mass is 10.0. The number of nitrogens with zero attached hydrogens (tertiary/aromatic N) is 2. The summed E-state index contributed by atoms with van der Waals surface area (Å²) in [5.41, 5.74) is 20.2. The summed E-state index contributed by atoms with van der Waals surface area (Å²) in [5, 5.41) is 4.85. The van der Waals surface area contributed by atoms with Gasteiger partial charge in [0.05, 0.1) is 0 Å².